The van der Waals surface area contributed by atoms with Gasteiger partial charge < -0.3 is 14.2 Å². The van der Waals surface area contributed by atoms with Gasteiger partial charge in [0, 0.05) is 37.5 Å². The van der Waals surface area contributed by atoms with E-state index in [1.807, 2.05) is 0 Å². The van der Waals surface area contributed by atoms with Crippen molar-refractivity contribution in [3.05, 3.63) is 0 Å². The number of carbonyl (C=O) groups is 4. The number of ketones is 1. The van der Waals surface area contributed by atoms with Crippen LogP contribution in [0.25, 0.3) is 0 Å². The molecule has 0 unspecified atom stereocenters. The van der Waals surface area contributed by atoms with E-state index in [1.165, 1.54) is 13.8 Å². The van der Waals surface area contributed by atoms with Crippen LogP contribution in [0.5, 0.6) is 0 Å². The number of Topliss-reactive ketones (excluding diaryl/α,β-unsaturated/α-hetero) is 1. The monoisotopic (exact) mass is 418 g/mol. The molecule has 0 N–H and O–H groups in total. The maximum Gasteiger partial charge on any atom is 0.313 e. The molecule has 7 heteroatoms. The van der Waals surface area contributed by atoms with Gasteiger partial charge in [-0.15, -0.1) is 0 Å². The Morgan fingerprint density at radius 3 is 2.50 bits per heavy atom. The summed E-state index contributed by atoms with van der Waals surface area (Å²) in [6.45, 7) is 5.09. The molecular formula is C23H30O7. The number of rotatable bonds is 3. The first kappa shape index (κ1) is 20.0. The van der Waals surface area contributed by atoms with Gasteiger partial charge in [-0.25, -0.2) is 0 Å². The molecule has 1 aliphatic heterocycles. The van der Waals surface area contributed by atoms with Crippen molar-refractivity contribution in [1.82, 2.24) is 0 Å². The van der Waals surface area contributed by atoms with E-state index in [9.17, 15) is 19.2 Å². The van der Waals surface area contributed by atoms with E-state index >= 15 is 0 Å². The Morgan fingerprint density at radius 1 is 1.07 bits per heavy atom. The molecule has 5 aliphatic rings. The van der Waals surface area contributed by atoms with Gasteiger partial charge in [0.05, 0.1) is 0 Å². The van der Waals surface area contributed by atoms with Crippen LogP contribution < -0.4 is 0 Å². The van der Waals surface area contributed by atoms with E-state index in [0.29, 0.717) is 31.5 Å². The average molecular weight is 418 g/mol. The molecule has 30 heavy (non-hydrogen) atoms. The number of esters is 3. The summed E-state index contributed by atoms with van der Waals surface area (Å²) in [4.78, 5) is 49.0. The molecule has 164 valence electrons. The SMILES string of the molecule is CC(=O)OC[C@]12CC[C@H](OC(C)=O)C[C@]13OC(=O)[C@@H]3[C@@H]1[C@@H]2CC[C@]2(C)C(=O)CC[C@@H]12. The van der Waals surface area contributed by atoms with Crippen LogP contribution in [0.1, 0.15) is 65.7 Å². The summed E-state index contributed by atoms with van der Waals surface area (Å²) in [6.07, 6.45) is 4.52. The third-order valence-corrected chi connectivity index (χ3v) is 9.33. The quantitative estimate of drug-likeness (QED) is 0.513. The molecule has 1 heterocycles. The van der Waals surface area contributed by atoms with Gasteiger partial charge in [-0.05, 0) is 49.9 Å². The fourth-order valence-electron chi connectivity index (χ4n) is 8.20. The zero-order chi connectivity index (χ0) is 21.5. The Hall–Kier alpha value is -1.92. The predicted octanol–water partition coefficient (Wildman–Crippen LogP) is 2.59. The first-order valence-corrected chi connectivity index (χ1v) is 11.2. The van der Waals surface area contributed by atoms with Crippen LogP contribution in [-0.4, -0.2) is 42.0 Å². The largest absolute Gasteiger partial charge is 0.465 e. The molecular weight excluding hydrogens is 388 g/mol. The van der Waals surface area contributed by atoms with E-state index in [2.05, 4.69) is 6.92 Å². The van der Waals surface area contributed by atoms with Crippen LogP contribution in [0.3, 0.4) is 0 Å². The number of hydrogen-bond donors (Lipinski definition) is 0. The van der Waals surface area contributed by atoms with Crippen LogP contribution in [0.2, 0.25) is 0 Å². The fourth-order valence-corrected chi connectivity index (χ4v) is 8.20. The zero-order valence-corrected chi connectivity index (χ0v) is 17.9. The second kappa shape index (κ2) is 6.30. The standard InChI is InChI=1S/C23H30O7/c1-12(24)28-11-22-9-6-14(29-13(2)25)10-23(22)19(20(27)30-23)18-15-4-5-17(26)21(15,3)8-7-16(18)22/h14-16,18-19H,4-11H2,1-3H3/t14-,15-,16-,18-,19-,21-,22-,23+/m0/s1. The minimum absolute atomic E-state index is 0.0584. The van der Waals surface area contributed by atoms with Gasteiger partial charge in [0.2, 0.25) is 0 Å². The van der Waals surface area contributed by atoms with E-state index in [4.69, 9.17) is 14.2 Å². The fraction of sp³-hybridized carbons (Fsp3) is 0.826. The molecule has 5 rings (SSSR count). The van der Waals surface area contributed by atoms with Gasteiger partial charge in [0.1, 0.15) is 30.0 Å². The van der Waals surface area contributed by atoms with Crippen molar-refractivity contribution in [2.24, 2.45) is 34.5 Å². The van der Waals surface area contributed by atoms with Crippen molar-refractivity contribution in [2.45, 2.75) is 77.4 Å². The Kier molecular flexibility index (Phi) is 4.20. The van der Waals surface area contributed by atoms with Crippen LogP contribution in [-0.2, 0) is 33.4 Å². The summed E-state index contributed by atoms with van der Waals surface area (Å²) < 4.78 is 17.1. The van der Waals surface area contributed by atoms with Gasteiger partial charge in [-0.2, -0.15) is 0 Å². The number of carbonyl (C=O) groups excluding carboxylic acids is 4. The Balaban J connectivity index is 1.58. The number of ether oxygens (including phenoxy) is 3. The molecule has 5 fully saturated rings. The minimum Gasteiger partial charge on any atom is -0.465 e. The summed E-state index contributed by atoms with van der Waals surface area (Å²) in [5.41, 5.74) is -1.61. The Bertz CT molecular complexity index is 835. The molecule has 7 nitrogen and oxygen atoms in total. The lowest BCUT2D eigenvalue weighted by Gasteiger charge is -2.57. The molecule has 0 aromatic rings. The first-order chi connectivity index (χ1) is 14.1. The molecule has 0 aromatic carbocycles. The second-order valence-electron chi connectivity index (χ2n) is 10.4. The molecule has 1 spiro atoms. The lowest BCUT2D eigenvalue weighted by atomic mass is 9.55. The summed E-state index contributed by atoms with van der Waals surface area (Å²) >= 11 is 0. The van der Waals surface area contributed by atoms with Crippen LogP contribution >= 0.6 is 0 Å². The highest BCUT2D eigenvalue weighted by molar-refractivity contribution is 5.88. The normalized spacial score (nSPS) is 48.4. The third-order valence-electron chi connectivity index (χ3n) is 9.33. The Morgan fingerprint density at radius 2 is 1.83 bits per heavy atom. The van der Waals surface area contributed by atoms with E-state index in [-0.39, 0.29) is 59.7 Å². The van der Waals surface area contributed by atoms with Crippen molar-refractivity contribution in [2.75, 3.05) is 6.61 Å². The predicted molar refractivity (Wildman–Crippen MR) is 103 cm³/mol. The van der Waals surface area contributed by atoms with Gasteiger partial charge in [0.25, 0.3) is 0 Å². The first-order valence-electron chi connectivity index (χ1n) is 11.2. The molecule has 4 saturated carbocycles. The average Bonchev–Trinajstić information content (AvgIpc) is 3.06. The van der Waals surface area contributed by atoms with Crippen molar-refractivity contribution in [3.63, 3.8) is 0 Å². The molecule has 0 radical (unpaired) electrons. The molecule has 0 bridgehead atoms. The number of hydrogen-bond acceptors (Lipinski definition) is 7. The smallest absolute Gasteiger partial charge is 0.313 e. The Labute approximate surface area is 176 Å². The molecule has 4 aliphatic carbocycles. The van der Waals surface area contributed by atoms with Gasteiger partial charge in [-0.3, -0.25) is 19.2 Å². The lowest BCUT2D eigenvalue weighted by molar-refractivity contribution is -0.260. The van der Waals surface area contributed by atoms with E-state index in [0.717, 1.165) is 19.3 Å². The number of fused-ring (bicyclic) bond motifs is 5. The van der Waals surface area contributed by atoms with E-state index in [1.54, 1.807) is 0 Å². The van der Waals surface area contributed by atoms with Crippen molar-refractivity contribution in [3.8, 4) is 0 Å². The van der Waals surface area contributed by atoms with Gasteiger partial charge in [-0.1, -0.05) is 6.92 Å². The highest BCUT2D eigenvalue weighted by Gasteiger charge is 2.82. The van der Waals surface area contributed by atoms with Crippen molar-refractivity contribution >= 4 is 23.7 Å². The molecule has 0 amide bonds. The van der Waals surface area contributed by atoms with Crippen molar-refractivity contribution < 1.29 is 33.4 Å². The maximum absolute atomic E-state index is 12.9. The van der Waals surface area contributed by atoms with Crippen molar-refractivity contribution in [1.29, 1.82) is 0 Å². The van der Waals surface area contributed by atoms with Crippen LogP contribution in [0.4, 0.5) is 0 Å². The summed E-state index contributed by atoms with van der Waals surface area (Å²) in [5.74, 6) is -0.508. The maximum atomic E-state index is 12.9. The lowest BCUT2D eigenvalue weighted by Crippen LogP contribution is -2.68. The van der Waals surface area contributed by atoms with Gasteiger partial charge >= 0.3 is 17.9 Å². The summed E-state index contributed by atoms with van der Waals surface area (Å²) in [7, 11) is 0. The molecule has 8 atom stereocenters. The third kappa shape index (κ3) is 2.32. The summed E-state index contributed by atoms with van der Waals surface area (Å²) in [6, 6.07) is 0. The zero-order valence-electron chi connectivity index (χ0n) is 17.9. The van der Waals surface area contributed by atoms with Crippen LogP contribution in [0, 0.1) is 34.5 Å². The van der Waals surface area contributed by atoms with Crippen LogP contribution in [0.15, 0.2) is 0 Å². The molecule has 1 saturated heterocycles. The van der Waals surface area contributed by atoms with E-state index < -0.39 is 11.0 Å². The second-order valence-corrected chi connectivity index (χ2v) is 10.4. The highest BCUT2D eigenvalue weighted by atomic mass is 16.6. The summed E-state index contributed by atoms with van der Waals surface area (Å²) in [5, 5.41) is 0. The topological polar surface area (TPSA) is 96.0 Å². The molecule has 0 aromatic heterocycles. The minimum atomic E-state index is -0.774. The highest BCUT2D eigenvalue weighted by Crippen LogP contribution is 2.75. The van der Waals surface area contributed by atoms with Gasteiger partial charge in [0.15, 0.2) is 0 Å².